The van der Waals surface area contributed by atoms with E-state index in [0.717, 1.165) is 17.7 Å². The molecule has 1 amide bonds. The van der Waals surface area contributed by atoms with Gasteiger partial charge in [-0.3, -0.25) is 9.48 Å². The molecule has 0 aliphatic carbocycles. The number of hydrogen-bond donors (Lipinski definition) is 1. The maximum absolute atomic E-state index is 12.4. The first-order valence-electron chi connectivity index (χ1n) is 7.70. The van der Waals surface area contributed by atoms with E-state index >= 15 is 0 Å². The molecule has 2 heterocycles. The molecule has 1 aliphatic heterocycles. The van der Waals surface area contributed by atoms with Crippen LogP contribution in [0.3, 0.4) is 0 Å². The Morgan fingerprint density at radius 3 is 3.04 bits per heavy atom. The monoisotopic (exact) mass is 333 g/mol. The highest BCUT2D eigenvalue weighted by Gasteiger charge is 2.32. The summed E-state index contributed by atoms with van der Waals surface area (Å²) >= 11 is 6.22. The molecule has 3 rings (SSSR count). The van der Waals surface area contributed by atoms with E-state index in [0.29, 0.717) is 23.7 Å². The third-order valence-electron chi connectivity index (χ3n) is 4.33. The summed E-state index contributed by atoms with van der Waals surface area (Å²) in [6.07, 6.45) is 2.65. The second-order valence-corrected chi connectivity index (χ2v) is 6.24. The van der Waals surface area contributed by atoms with Gasteiger partial charge in [-0.05, 0) is 31.0 Å². The van der Waals surface area contributed by atoms with Gasteiger partial charge in [0.05, 0.1) is 16.3 Å². The van der Waals surface area contributed by atoms with Crippen LogP contribution in [0.2, 0.25) is 5.02 Å². The summed E-state index contributed by atoms with van der Waals surface area (Å²) in [6.45, 7) is 3.14. The van der Waals surface area contributed by atoms with Crippen LogP contribution in [0.15, 0.2) is 30.5 Å². The summed E-state index contributed by atoms with van der Waals surface area (Å²) < 4.78 is 7.66. The summed E-state index contributed by atoms with van der Waals surface area (Å²) in [5.74, 6) is 0.0901. The molecule has 23 heavy (non-hydrogen) atoms. The van der Waals surface area contributed by atoms with E-state index in [4.69, 9.17) is 16.3 Å². The number of carbonyl (C=O) groups is 1. The number of halogens is 1. The SMILES string of the molecule is Cc1cccc(C(=O)NC[C@@H]2CCO[C@H]2c2ccnn2C)c1Cl. The van der Waals surface area contributed by atoms with Gasteiger partial charge in [-0.25, -0.2) is 0 Å². The van der Waals surface area contributed by atoms with Crippen LogP contribution in [0.1, 0.15) is 34.1 Å². The number of rotatable bonds is 4. The summed E-state index contributed by atoms with van der Waals surface area (Å²) in [5, 5.41) is 7.69. The number of benzene rings is 1. The minimum Gasteiger partial charge on any atom is -0.372 e. The molecular weight excluding hydrogens is 314 g/mol. The van der Waals surface area contributed by atoms with E-state index in [1.807, 2.05) is 36.9 Å². The lowest BCUT2D eigenvalue weighted by molar-refractivity contribution is 0.0801. The first-order valence-corrected chi connectivity index (χ1v) is 8.08. The average Bonchev–Trinajstić information content (AvgIpc) is 3.15. The molecular formula is C17H20ClN3O2. The predicted octanol–water partition coefficient (Wildman–Crippen LogP) is 2.89. The number of hydrogen-bond acceptors (Lipinski definition) is 3. The molecule has 1 N–H and O–H groups in total. The Morgan fingerprint density at radius 2 is 2.30 bits per heavy atom. The lowest BCUT2D eigenvalue weighted by Crippen LogP contribution is -2.31. The fraction of sp³-hybridized carbons (Fsp3) is 0.412. The third kappa shape index (κ3) is 3.26. The van der Waals surface area contributed by atoms with Crippen molar-refractivity contribution in [2.75, 3.05) is 13.2 Å². The zero-order chi connectivity index (χ0) is 16.4. The van der Waals surface area contributed by atoms with Crippen molar-refractivity contribution in [3.63, 3.8) is 0 Å². The molecule has 1 saturated heterocycles. The van der Waals surface area contributed by atoms with Crippen molar-refractivity contribution in [1.82, 2.24) is 15.1 Å². The van der Waals surface area contributed by atoms with E-state index in [-0.39, 0.29) is 17.9 Å². The summed E-state index contributed by atoms with van der Waals surface area (Å²) in [7, 11) is 1.90. The van der Waals surface area contributed by atoms with E-state index in [9.17, 15) is 4.79 Å². The number of ether oxygens (including phenoxy) is 1. The molecule has 1 aromatic carbocycles. The quantitative estimate of drug-likeness (QED) is 0.936. The maximum Gasteiger partial charge on any atom is 0.252 e. The van der Waals surface area contributed by atoms with E-state index in [1.165, 1.54) is 0 Å². The van der Waals surface area contributed by atoms with Crippen LogP contribution in [0, 0.1) is 12.8 Å². The van der Waals surface area contributed by atoms with Gasteiger partial charge in [-0.1, -0.05) is 23.7 Å². The van der Waals surface area contributed by atoms with E-state index in [1.54, 1.807) is 12.3 Å². The van der Waals surface area contributed by atoms with E-state index in [2.05, 4.69) is 10.4 Å². The molecule has 2 aromatic rings. The molecule has 1 aliphatic rings. The smallest absolute Gasteiger partial charge is 0.252 e. The van der Waals surface area contributed by atoms with Gasteiger partial charge in [-0.15, -0.1) is 0 Å². The van der Waals surface area contributed by atoms with Crippen LogP contribution in [0.5, 0.6) is 0 Å². The van der Waals surface area contributed by atoms with Crippen molar-refractivity contribution in [2.24, 2.45) is 13.0 Å². The number of nitrogens with zero attached hydrogens (tertiary/aromatic N) is 2. The van der Waals surface area contributed by atoms with Crippen molar-refractivity contribution < 1.29 is 9.53 Å². The molecule has 1 aromatic heterocycles. The van der Waals surface area contributed by atoms with Gasteiger partial charge < -0.3 is 10.1 Å². The van der Waals surface area contributed by atoms with Crippen LogP contribution in [-0.4, -0.2) is 28.8 Å². The topological polar surface area (TPSA) is 56.1 Å². The van der Waals surface area contributed by atoms with Gasteiger partial charge in [0.2, 0.25) is 0 Å². The second-order valence-electron chi connectivity index (χ2n) is 5.87. The standard InChI is InChI=1S/C17H20ClN3O2/c1-11-4-3-5-13(15(11)18)17(22)19-10-12-7-9-23-16(12)14-6-8-20-21(14)2/h3-6,8,12,16H,7,9-10H2,1-2H3,(H,19,22)/t12-,16+/m0/s1. The van der Waals surface area contributed by atoms with Crippen LogP contribution in [0.25, 0.3) is 0 Å². The molecule has 0 saturated carbocycles. The van der Waals surface area contributed by atoms with Gasteiger partial charge in [0, 0.05) is 32.3 Å². The van der Waals surface area contributed by atoms with Crippen molar-refractivity contribution in [3.05, 3.63) is 52.3 Å². The highest BCUT2D eigenvalue weighted by atomic mass is 35.5. The van der Waals surface area contributed by atoms with Crippen LogP contribution >= 0.6 is 11.6 Å². The van der Waals surface area contributed by atoms with Crippen molar-refractivity contribution in [2.45, 2.75) is 19.4 Å². The molecule has 2 atom stereocenters. The summed E-state index contributed by atoms with van der Waals surface area (Å²) in [5.41, 5.74) is 2.45. The molecule has 6 heteroatoms. The van der Waals surface area contributed by atoms with Gasteiger partial charge in [0.1, 0.15) is 6.10 Å². The first-order chi connectivity index (χ1) is 11.1. The predicted molar refractivity (Wildman–Crippen MR) is 88.5 cm³/mol. The lowest BCUT2D eigenvalue weighted by atomic mass is 9.98. The van der Waals surface area contributed by atoms with Gasteiger partial charge in [0.15, 0.2) is 0 Å². The molecule has 5 nitrogen and oxygen atoms in total. The summed E-state index contributed by atoms with van der Waals surface area (Å²) in [6, 6.07) is 7.44. The molecule has 0 bridgehead atoms. The molecule has 0 spiro atoms. The van der Waals surface area contributed by atoms with Crippen LogP contribution in [-0.2, 0) is 11.8 Å². The number of aromatic nitrogens is 2. The second kappa shape index (κ2) is 6.72. The lowest BCUT2D eigenvalue weighted by Gasteiger charge is -2.19. The Labute approximate surface area is 140 Å². The van der Waals surface area contributed by atoms with Gasteiger partial charge in [0.25, 0.3) is 5.91 Å². The van der Waals surface area contributed by atoms with E-state index < -0.39 is 0 Å². The largest absolute Gasteiger partial charge is 0.372 e. The minimum absolute atomic E-state index is 0.0317. The molecule has 0 unspecified atom stereocenters. The van der Waals surface area contributed by atoms with Gasteiger partial charge >= 0.3 is 0 Å². The Bertz CT molecular complexity index is 714. The normalized spacial score (nSPS) is 20.7. The van der Waals surface area contributed by atoms with Crippen LogP contribution in [0.4, 0.5) is 0 Å². The third-order valence-corrected chi connectivity index (χ3v) is 4.83. The first kappa shape index (κ1) is 16.0. The average molecular weight is 334 g/mol. The zero-order valence-electron chi connectivity index (χ0n) is 13.3. The Balaban J connectivity index is 1.67. The Kier molecular flexibility index (Phi) is 4.68. The Hall–Kier alpha value is -1.85. The molecule has 0 radical (unpaired) electrons. The highest BCUT2D eigenvalue weighted by molar-refractivity contribution is 6.34. The summed E-state index contributed by atoms with van der Waals surface area (Å²) in [4.78, 5) is 12.4. The number of carbonyl (C=O) groups excluding carboxylic acids is 1. The van der Waals surface area contributed by atoms with Crippen molar-refractivity contribution in [1.29, 1.82) is 0 Å². The molecule has 1 fully saturated rings. The minimum atomic E-state index is -0.144. The zero-order valence-corrected chi connectivity index (χ0v) is 14.0. The molecule has 122 valence electrons. The number of nitrogens with one attached hydrogen (secondary N) is 1. The fourth-order valence-electron chi connectivity index (χ4n) is 2.97. The van der Waals surface area contributed by atoms with Crippen molar-refractivity contribution in [3.8, 4) is 0 Å². The Morgan fingerprint density at radius 1 is 1.48 bits per heavy atom. The van der Waals surface area contributed by atoms with Crippen LogP contribution < -0.4 is 5.32 Å². The van der Waals surface area contributed by atoms with Crippen molar-refractivity contribution >= 4 is 17.5 Å². The maximum atomic E-state index is 12.4. The van der Waals surface area contributed by atoms with Gasteiger partial charge in [-0.2, -0.15) is 5.10 Å². The highest BCUT2D eigenvalue weighted by Crippen LogP contribution is 2.33. The number of aryl methyl sites for hydroxylation is 2. The fourth-order valence-corrected chi connectivity index (χ4v) is 3.19. The number of amides is 1.